The van der Waals surface area contributed by atoms with Crippen LogP contribution in [-0.4, -0.2) is 44.2 Å². The van der Waals surface area contributed by atoms with Gasteiger partial charge in [-0.05, 0) is 29.8 Å². The minimum atomic E-state index is 0.636. The lowest BCUT2D eigenvalue weighted by molar-refractivity contribution is 0.127. The van der Waals surface area contributed by atoms with Crippen LogP contribution in [0.1, 0.15) is 5.56 Å². The number of likely N-dealkylation sites (N-methyl/N-ethyl adjacent to an activating group) is 1. The van der Waals surface area contributed by atoms with Gasteiger partial charge in [0.05, 0.1) is 0 Å². The zero-order valence-electron chi connectivity index (χ0n) is 13.3. The van der Waals surface area contributed by atoms with Crippen LogP contribution < -0.4 is 10.6 Å². The highest BCUT2D eigenvalue weighted by molar-refractivity contribution is 5.63. The monoisotopic (exact) mass is 295 g/mol. The fraction of sp³-hybridized carbons (Fsp3) is 0.368. The molecule has 1 heterocycles. The first-order valence-corrected chi connectivity index (χ1v) is 8.10. The van der Waals surface area contributed by atoms with Crippen molar-refractivity contribution in [2.24, 2.45) is 0 Å². The molecule has 3 heteroatoms. The van der Waals surface area contributed by atoms with E-state index < -0.39 is 0 Å². The van der Waals surface area contributed by atoms with Gasteiger partial charge in [0.1, 0.15) is 0 Å². The maximum absolute atomic E-state index is 3.66. The standard InChI is InChI=1S/C19H25N3/c1-20-10-11-22-14-19(15-22)21-13-16-6-5-9-18(12-16)17-7-3-2-4-8-17/h2-9,12,19-21H,10-11,13-15H2,1H3. The third-order valence-electron chi connectivity index (χ3n) is 4.26. The van der Waals surface area contributed by atoms with Crippen LogP contribution >= 0.6 is 0 Å². The lowest BCUT2D eigenvalue weighted by atomic mass is 10.0. The van der Waals surface area contributed by atoms with Crippen LogP contribution in [0.25, 0.3) is 11.1 Å². The molecule has 2 aromatic rings. The molecule has 22 heavy (non-hydrogen) atoms. The maximum atomic E-state index is 3.66. The van der Waals surface area contributed by atoms with Gasteiger partial charge >= 0.3 is 0 Å². The summed E-state index contributed by atoms with van der Waals surface area (Å²) in [4.78, 5) is 2.48. The molecule has 0 unspecified atom stereocenters. The second-order valence-corrected chi connectivity index (χ2v) is 6.01. The van der Waals surface area contributed by atoms with Crippen molar-refractivity contribution >= 4 is 0 Å². The highest BCUT2D eigenvalue weighted by Gasteiger charge is 2.24. The predicted molar refractivity (Wildman–Crippen MR) is 92.9 cm³/mol. The normalized spacial score (nSPS) is 15.7. The van der Waals surface area contributed by atoms with E-state index in [0.29, 0.717) is 6.04 Å². The van der Waals surface area contributed by atoms with E-state index in [1.54, 1.807) is 0 Å². The largest absolute Gasteiger partial charge is 0.318 e. The van der Waals surface area contributed by atoms with Crippen LogP contribution in [0.5, 0.6) is 0 Å². The average molecular weight is 295 g/mol. The minimum Gasteiger partial charge on any atom is -0.318 e. The molecule has 1 fully saturated rings. The summed E-state index contributed by atoms with van der Waals surface area (Å²) < 4.78 is 0. The third kappa shape index (κ3) is 3.95. The number of hydrogen-bond acceptors (Lipinski definition) is 3. The minimum absolute atomic E-state index is 0.636. The van der Waals surface area contributed by atoms with Gasteiger partial charge < -0.3 is 10.6 Å². The van der Waals surface area contributed by atoms with Crippen molar-refractivity contribution in [1.29, 1.82) is 0 Å². The number of likely N-dealkylation sites (tertiary alicyclic amines) is 1. The van der Waals surface area contributed by atoms with Gasteiger partial charge in [-0.1, -0.05) is 48.5 Å². The van der Waals surface area contributed by atoms with Crippen molar-refractivity contribution in [2.75, 3.05) is 33.2 Å². The van der Waals surface area contributed by atoms with Gasteiger partial charge in [0.15, 0.2) is 0 Å². The summed E-state index contributed by atoms with van der Waals surface area (Å²) in [5.74, 6) is 0. The summed E-state index contributed by atoms with van der Waals surface area (Å²) in [6.45, 7) is 5.51. The van der Waals surface area contributed by atoms with Gasteiger partial charge in [0.2, 0.25) is 0 Å². The first kappa shape index (κ1) is 15.2. The quantitative estimate of drug-likeness (QED) is 0.821. The van der Waals surface area contributed by atoms with Gasteiger partial charge in [0.25, 0.3) is 0 Å². The second-order valence-electron chi connectivity index (χ2n) is 6.01. The molecule has 1 aliphatic rings. The zero-order valence-corrected chi connectivity index (χ0v) is 13.3. The van der Waals surface area contributed by atoms with Crippen LogP contribution in [-0.2, 0) is 6.54 Å². The first-order valence-electron chi connectivity index (χ1n) is 8.10. The van der Waals surface area contributed by atoms with E-state index in [4.69, 9.17) is 0 Å². The lowest BCUT2D eigenvalue weighted by Gasteiger charge is -2.39. The third-order valence-corrected chi connectivity index (χ3v) is 4.26. The SMILES string of the molecule is CNCCN1CC(NCc2cccc(-c3ccccc3)c2)C1. The molecule has 0 amide bonds. The summed E-state index contributed by atoms with van der Waals surface area (Å²) in [5, 5.41) is 6.86. The molecule has 0 spiro atoms. The Kier molecular flexibility index (Phi) is 5.22. The molecule has 0 aromatic heterocycles. The lowest BCUT2D eigenvalue weighted by Crippen LogP contribution is -2.58. The summed E-state index contributed by atoms with van der Waals surface area (Å²) >= 11 is 0. The molecule has 0 radical (unpaired) electrons. The molecule has 0 bridgehead atoms. The molecule has 2 aromatic carbocycles. The van der Waals surface area contributed by atoms with Crippen molar-refractivity contribution in [2.45, 2.75) is 12.6 Å². The van der Waals surface area contributed by atoms with Crippen molar-refractivity contribution in [3.63, 3.8) is 0 Å². The Morgan fingerprint density at radius 3 is 2.55 bits per heavy atom. The Morgan fingerprint density at radius 1 is 1.00 bits per heavy atom. The Bertz CT molecular complexity index is 576. The molecular formula is C19H25N3. The molecule has 0 saturated carbocycles. The number of nitrogens with one attached hydrogen (secondary N) is 2. The Hall–Kier alpha value is -1.68. The van der Waals surface area contributed by atoms with E-state index in [1.807, 2.05) is 7.05 Å². The second kappa shape index (κ2) is 7.54. The van der Waals surface area contributed by atoms with Crippen LogP contribution in [0.2, 0.25) is 0 Å². The van der Waals surface area contributed by atoms with E-state index in [2.05, 4.69) is 70.1 Å². The summed E-state index contributed by atoms with van der Waals surface area (Å²) in [5.41, 5.74) is 3.94. The highest BCUT2D eigenvalue weighted by Crippen LogP contribution is 2.20. The summed E-state index contributed by atoms with van der Waals surface area (Å²) in [7, 11) is 2.01. The predicted octanol–water partition coefficient (Wildman–Crippen LogP) is 2.35. The Morgan fingerprint density at radius 2 is 1.77 bits per heavy atom. The molecule has 0 atom stereocenters. The van der Waals surface area contributed by atoms with Gasteiger partial charge in [0, 0.05) is 38.8 Å². The van der Waals surface area contributed by atoms with Crippen LogP contribution in [0, 0.1) is 0 Å². The number of benzene rings is 2. The number of rotatable bonds is 7. The highest BCUT2D eigenvalue weighted by atomic mass is 15.2. The van der Waals surface area contributed by atoms with E-state index in [0.717, 1.165) is 19.6 Å². The molecule has 1 aliphatic heterocycles. The fourth-order valence-corrected chi connectivity index (χ4v) is 2.91. The number of hydrogen-bond donors (Lipinski definition) is 2. The maximum Gasteiger partial charge on any atom is 0.0325 e. The van der Waals surface area contributed by atoms with Crippen LogP contribution in [0.15, 0.2) is 54.6 Å². The topological polar surface area (TPSA) is 27.3 Å². The van der Waals surface area contributed by atoms with Crippen LogP contribution in [0.3, 0.4) is 0 Å². The molecule has 2 N–H and O–H groups in total. The van der Waals surface area contributed by atoms with Crippen molar-refractivity contribution in [3.8, 4) is 11.1 Å². The van der Waals surface area contributed by atoms with E-state index >= 15 is 0 Å². The molecule has 116 valence electrons. The van der Waals surface area contributed by atoms with Crippen molar-refractivity contribution in [1.82, 2.24) is 15.5 Å². The van der Waals surface area contributed by atoms with E-state index in [1.165, 1.54) is 29.8 Å². The summed E-state index contributed by atoms with van der Waals surface area (Å²) in [6.07, 6.45) is 0. The zero-order chi connectivity index (χ0) is 15.2. The van der Waals surface area contributed by atoms with Crippen molar-refractivity contribution in [3.05, 3.63) is 60.2 Å². The van der Waals surface area contributed by atoms with Gasteiger partial charge in [-0.15, -0.1) is 0 Å². The molecule has 1 saturated heterocycles. The summed E-state index contributed by atoms with van der Waals surface area (Å²) in [6, 6.07) is 20.0. The van der Waals surface area contributed by atoms with E-state index in [9.17, 15) is 0 Å². The number of nitrogens with zero attached hydrogens (tertiary/aromatic N) is 1. The first-order chi connectivity index (χ1) is 10.8. The average Bonchev–Trinajstić information content (AvgIpc) is 2.54. The molecule has 0 aliphatic carbocycles. The van der Waals surface area contributed by atoms with Crippen LogP contribution in [0.4, 0.5) is 0 Å². The van der Waals surface area contributed by atoms with E-state index in [-0.39, 0.29) is 0 Å². The molecule has 3 rings (SSSR count). The van der Waals surface area contributed by atoms with Gasteiger partial charge in [-0.3, -0.25) is 4.90 Å². The van der Waals surface area contributed by atoms with Crippen molar-refractivity contribution < 1.29 is 0 Å². The Labute approximate surface area is 133 Å². The molecule has 3 nitrogen and oxygen atoms in total. The van der Waals surface area contributed by atoms with Gasteiger partial charge in [-0.2, -0.15) is 0 Å². The van der Waals surface area contributed by atoms with Gasteiger partial charge in [-0.25, -0.2) is 0 Å². The fourth-order valence-electron chi connectivity index (χ4n) is 2.91. The smallest absolute Gasteiger partial charge is 0.0325 e. The Balaban J connectivity index is 1.50. The molecular weight excluding hydrogens is 270 g/mol.